The molecule has 3 heterocycles. The lowest BCUT2D eigenvalue weighted by Crippen LogP contribution is -2.27. The average Bonchev–Trinajstić information content (AvgIpc) is 3.43. The van der Waals surface area contributed by atoms with Gasteiger partial charge in [-0.25, -0.2) is 9.78 Å². The predicted octanol–water partition coefficient (Wildman–Crippen LogP) is 2.63. The maximum absolute atomic E-state index is 13.0. The molecule has 0 unspecified atom stereocenters. The Labute approximate surface area is 191 Å². The van der Waals surface area contributed by atoms with E-state index in [-0.39, 0.29) is 25.1 Å². The molecule has 0 atom stereocenters. The van der Waals surface area contributed by atoms with Gasteiger partial charge in [-0.2, -0.15) is 5.26 Å². The Kier molecular flexibility index (Phi) is 6.36. The second kappa shape index (κ2) is 9.20. The number of anilines is 1. The van der Waals surface area contributed by atoms with Gasteiger partial charge in [-0.15, -0.1) is 22.7 Å². The third-order valence-corrected chi connectivity index (χ3v) is 7.61. The number of aromatic nitrogens is 2. The van der Waals surface area contributed by atoms with Crippen molar-refractivity contribution in [3.63, 3.8) is 0 Å². The molecule has 0 saturated heterocycles. The maximum Gasteiger partial charge on any atom is 0.348 e. The van der Waals surface area contributed by atoms with Crippen molar-refractivity contribution in [3.8, 4) is 6.07 Å². The van der Waals surface area contributed by atoms with Gasteiger partial charge in [0.1, 0.15) is 33.9 Å². The second-order valence-corrected chi connectivity index (χ2v) is 9.37. The highest BCUT2D eigenvalue weighted by atomic mass is 32.1. The van der Waals surface area contributed by atoms with Gasteiger partial charge in [-0.05, 0) is 37.3 Å². The lowest BCUT2D eigenvalue weighted by Gasteiger charge is -2.07. The summed E-state index contributed by atoms with van der Waals surface area (Å²) in [5, 5.41) is 13.1. The fourth-order valence-electron chi connectivity index (χ4n) is 3.68. The van der Waals surface area contributed by atoms with Crippen LogP contribution in [0.5, 0.6) is 0 Å². The zero-order valence-electron chi connectivity index (χ0n) is 17.5. The van der Waals surface area contributed by atoms with Gasteiger partial charge < -0.3 is 14.8 Å². The third kappa shape index (κ3) is 4.04. The minimum Gasteiger partial charge on any atom is -0.459 e. The Hall–Kier alpha value is -3.07. The highest BCUT2D eigenvalue weighted by molar-refractivity contribution is 7.20. The Bertz CT molecular complexity index is 1310. The van der Waals surface area contributed by atoms with Crippen LogP contribution in [0, 0.1) is 18.3 Å². The van der Waals surface area contributed by atoms with Gasteiger partial charge >= 0.3 is 5.97 Å². The van der Waals surface area contributed by atoms with E-state index in [1.807, 2.05) is 0 Å². The normalized spacial score (nSPS) is 12.5. The van der Waals surface area contributed by atoms with Gasteiger partial charge in [0.15, 0.2) is 0 Å². The van der Waals surface area contributed by atoms with Crippen molar-refractivity contribution in [1.82, 2.24) is 9.55 Å². The van der Waals surface area contributed by atoms with Crippen LogP contribution in [0.1, 0.15) is 37.7 Å². The summed E-state index contributed by atoms with van der Waals surface area (Å²) in [4.78, 5) is 44.0. The lowest BCUT2D eigenvalue weighted by molar-refractivity contribution is -0.116. The summed E-state index contributed by atoms with van der Waals surface area (Å²) in [5.74, 6) is -0.960. The van der Waals surface area contributed by atoms with Crippen LogP contribution in [0.4, 0.5) is 5.00 Å². The average molecular weight is 473 g/mol. The summed E-state index contributed by atoms with van der Waals surface area (Å²) < 4.78 is 11.2. The van der Waals surface area contributed by atoms with Crippen LogP contribution in [0.2, 0.25) is 0 Å². The smallest absolute Gasteiger partial charge is 0.348 e. The quantitative estimate of drug-likeness (QED) is 0.414. The molecule has 1 aliphatic carbocycles. The fraction of sp³-hybridized carbons (Fsp3) is 0.381. The highest BCUT2D eigenvalue weighted by Gasteiger charge is 2.24. The van der Waals surface area contributed by atoms with Crippen LogP contribution in [-0.2, 0) is 33.7 Å². The van der Waals surface area contributed by atoms with Crippen LogP contribution in [0.25, 0.3) is 10.2 Å². The standard InChI is InChI=1S/C21H20N4O5S2/c1-11-16-19(32-17(11)21(28)30-7-6-29-2)23-10-25(20(16)27)9-15(26)24-18-13(8-22)12-4-3-5-14(12)31-18/h10H,3-7,9H2,1-2H3,(H,24,26). The number of thiophene rings is 2. The van der Waals surface area contributed by atoms with E-state index in [0.717, 1.165) is 41.0 Å². The van der Waals surface area contributed by atoms with E-state index in [0.29, 0.717) is 25.8 Å². The Morgan fingerprint density at radius 1 is 1.31 bits per heavy atom. The van der Waals surface area contributed by atoms with E-state index >= 15 is 0 Å². The van der Waals surface area contributed by atoms with Crippen molar-refractivity contribution < 1.29 is 19.1 Å². The number of hydrogen-bond acceptors (Lipinski definition) is 9. The van der Waals surface area contributed by atoms with E-state index in [4.69, 9.17) is 9.47 Å². The summed E-state index contributed by atoms with van der Waals surface area (Å²) >= 11 is 2.50. The van der Waals surface area contributed by atoms with Crippen molar-refractivity contribution in [2.75, 3.05) is 25.6 Å². The molecule has 11 heteroatoms. The number of carbonyl (C=O) groups is 2. The molecule has 9 nitrogen and oxygen atoms in total. The molecule has 1 N–H and O–H groups in total. The topological polar surface area (TPSA) is 123 Å². The maximum atomic E-state index is 13.0. The molecular weight excluding hydrogens is 452 g/mol. The summed E-state index contributed by atoms with van der Waals surface area (Å²) in [6, 6.07) is 2.18. The molecule has 0 spiro atoms. The minimum absolute atomic E-state index is 0.109. The van der Waals surface area contributed by atoms with Gasteiger partial charge in [0.25, 0.3) is 5.56 Å². The lowest BCUT2D eigenvalue weighted by atomic mass is 10.1. The van der Waals surface area contributed by atoms with Crippen LogP contribution in [0.3, 0.4) is 0 Å². The largest absolute Gasteiger partial charge is 0.459 e. The number of nitriles is 1. The van der Waals surface area contributed by atoms with E-state index in [9.17, 15) is 19.6 Å². The van der Waals surface area contributed by atoms with Gasteiger partial charge in [-0.3, -0.25) is 14.2 Å². The van der Waals surface area contributed by atoms with Crippen LogP contribution >= 0.6 is 22.7 Å². The van der Waals surface area contributed by atoms with Crippen molar-refractivity contribution in [1.29, 1.82) is 5.26 Å². The number of carbonyl (C=O) groups excluding carboxylic acids is 2. The highest BCUT2D eigenvalue weighted by Crippen LogP contribution is 2.38. The Balaban J connectivity index is 1.55. The number of hydrogen-bond donors (Lipinski definition) is 1. The number of aryl methyl sites for hydroxylation is 2. The van der Waals surface area contributed by atoms with Crippen LogP contribution in [0.15, 0.2) is 11.1 Å². The molecule has 32 heavy (non-hydrogen) atoms. The van der Waals surface area contributed by atoms with E-state index in [1.54, 1.807) is 6.92 Å². The van der Waals surface area contributed by atoms with Gasteiger partial charge in [0.2, 0.25) is 5.91 Å². The molecule has 0 aliphatic heterocycles. The number of amides is 1. The molecule has 4 rings (SSSR count). The number of nitrogens with zero attached hydrogens (tertiary/aromatic N) is 3. The summed E-state index contributed by atoms with van der Waals surface area (Å²) in [5.41, 5.74) is 1.60. The van der Waals surface area contributed by atoms with Crippen molar-refractivity contribution in [3.05, 3.63) is 43.1 Å². The first-order valence-corrected chi connectivity index (χ1v) is 11.6. The molecule has 0 aromatic carbocycles. The molecule has 0 saturated carbocycles. The van der Waals surface area contributed by atoms with Crippen LogP contribution < -0.4 is 10.9 Å². The number of rotatable bonds is 7. The number of nitrogens with one attached hydrogen (secondary N) is 1. The summed E-state index contributed by atoms with van der Waals surface area (Å²) in [7, 11) is 1.51. The first kappa shape index (κ1) is 22.1. The third-order valence-electron chi connectivity index (χ3n) is 5.22. The first-order valence-electron chi connectivity index (χ1n) is 9.93. The molecule has 3 aromatic rings. The second-order valence-electron chi connectivity index (χ2n) is 7.26. The van der Waals surface area contributed by atoms with E-state index in [2.05, 4.69) is 16.4 Å². The fourth-order valence-corrected chi connectivity index (χ4v) is 5.97. The number of fused-ring (bicyclic) bond motifs is 2. The molecule has 3 aromatic heterocycles. The number of ether oxygens (including phenoxy) is 2. The Morgan fingerprint density at radius 2 is 2.12 bits per heavy atom. The van der Waals surface area contributed by atoms with E-state index < -0.39 is 17.4 Å². The van der Waals surface area contributed by atoms with Crippen molar-refractivity contribution in [2.45, 2.75) is 32.7 Å². The van der Waals surface area contributed by atoms with Gasteiger partial charge in [0, 0.05) is 12.0 Å². The first-order chi connectivity index (χ1) is 15.4. The molecule has 0 radical (unpaired) electrons. The Morgan fingerprint density at radius 3 is 2.88 bits per heavy atom. The molecule has 0 bridgehead atoms. The zero-order valence-corrected chi connectivity index (χ0v) is 19.2. The summed E-state index contributed by atoms with van der Waals surface area (Å²) in [6.45, 7) is 1.79. The van der Waals surface area contributed by atoms with Crippen LogP contribution in [-0.4, -0.2) is 41.8 Å². The molecule has 166 valence electrons. The van der Waals surface area contributed by atoms with E-state index in [1.165, 1.54) is 29.3 Å². The monoisotopic (exact) mass is 472 g/mol. The minimum atomic E-state index is -0.541. The predicted molar refractivity (Wildman–Crippen MR) is 120 cm³/mol. The zero-order chi connectivity index (χ0) is 22.8. The van der Waals surface area contributed by atoms with Crippen molar-refractivity contribution >= 4 is 49.8 Å². The summed E-state index contributed by atoms with van der Waals surface area (Å²) in [6.07, 6.45) is 4.07. The SMILES string of the molecule is COCCOC(=O)c1sc2ncn(CC(=O)Nc3sc4c(c3C#N)CCC4)c(=O)c2c1C. The molecule has 0 fully saturated rings. The number of esters is 1. The van der Waals surface area contributed by atoms with Gasteiger partial charge in [0.05, 0.1) is 23.9 Å². The van der Waals surface area contributed by atoms with Crippen molar-refractivity contribution in [2.24, 2.45) is 0 Å². The van der Waals surface area contributed by atoms with Gasteiger partial charge in [-0.1, -0.05) is 0 Å². The number of methoxy groups -OCH3 is 1. The molecule has 1 aliphatic rings. The molecule has 1 amide bonds. The molecular formula is C21H20N4O5S2.